The van der Waals surface area contributed by atoms with Crippen molar-refractivity contribution in [3.8, 4) is 0 Å². The first-order chi connectivity index (χ1) is 14.4. The van der Waals surface area contributed by atoms with E-state index in [9.17, 15) is 14.0 Å². The third-order valence-corrected chi connectivity index (χ3v) is 4.62. The van der Waals surface area contributed by atoms with Crippen LogP contribution in [0.25, 0.3) is 0 Å². The van der Waals surface area contributed by atoms with Crippen molar-refractivity contribution in [2.24, 2.45) is 0 Å². The lowest BCUT2D eigenvalue weighted by Crippen LogP contribution is -2.15. The van der Waals surface area contributed by atoms with Crippen LogP contribution in [0.5, 0.6) is 0 Å². The van der Waals surface area contributed by atoms with E-state index >= 15 is 0 Å². The molecule has 0 radical (unpaired) electrons. The SMILES string of the molecule is CC(=O)Nc1cc(Cc2ccc(CC(=O)Nc3cccc(C)c3CF)cc2)ncn1. The van der Waals surface area contributed by atoms with Gasteiger partial charge in [0.1, 0.15) is 18.8 Å². The normalized spacial score (nSPS) is 10.5. The van der Waals surface area contributed by atoms with Gasteiger partial charge in [-0.3, -0.25) is 9.59 Å². The fourth-order valence-corrected chi connectivity index (χ4v) is 3.10. The van der Waals surface area contributed by atoms with E-state index in [0.29, 0.717) is 23.5 Å². The minimum Gasteiger partial charge on any atom is -0.325 e. The molecule has 1 aromatic heterocycles. The lowest BCUT2D eigenvalue weighted by Gasteiger charge is -2.11. The van der Waals surface area contributed by atoms with Crippen molar-refractivity contribution in [2.75, 3.05) is 10.6 Å². The van der Waals surface area contributed by atoms with E-state index in [1.54, 1.807) is 18.2 Å². The summed E-state index contributed by atoms with van der Waals surface area (Å²) in [6, 6.07) is 14.7. The summed E-state index contributed by atoms with van der Waals surface area (Å²) in [6.45, 7) is 2.62. The molecule has 0 saturated heterocycles. The zero-order valence-electron chi connectivity index (χ0n) is 16.9. The van der Waals surface area contributed by atoms with Crippen LogP contribution in [0.4, 0.5) is 15.9 Å². The lowest BCUT2D eigenvalue weighted by atomic mass is 10.0. The molecule has 0 saturated carbocycles. The Morgan fingerprint density at radius 1 is 1.00 bits per heavy atom. The number of nitrogens with one attached hydrogen (secondary N) is 2. The molecule has 1 heterocycles. The maximum absolute atomic E-state index is 13.3. The number of aromatic nitrogens is 2. The highest BCUT2D eigenvalue weighted by Crippen LogP contribution is 2.21. The Morgan fingerprint density at radius 3 is 2.43 bits per heavy atom. The summed E-state index contributed by atoms with van der Waals surface area (Å²) in [5.41, 5.74) is 4.48. The van der Waals surface area contributed by atoms with Gasteiger partial charge >= 0.3 is 0 Å². The molecule has 0 unspecified atom stereocenters. The minimum atomic E-state index is -0.621. The number of hydrogen-bond donors (Lipinski definition) is 2. The summed E-state index contributed by atoms with van der Waals surface area (Å²) < 4.78 is 13.3. The van der Waals surface area contributed by atoms with Gasteiger partial charge in [-0.05, 0) is 29.7 Å². The first-order valence-electron chi connectivity index (χ1n) is 9.55. The number of hydrogen-bond acceptors (Lipinski definition) is 4. The first kappa shape index (κ1) is 21.1. The Balaban J connectivity index is 1.61. The highest BCUT2D eigenvalue weighted by molar-refractivity contribution is 5.93. The molecule has 154 valence electrons. The van der Waals surface area contributed by atoms with Crippen molar-refractivity contribution < 1.29 is 14.0 Å². The summed E-state index contributed by atoms with van der Waals surface area (Å²) in [5, 5.41) is 5.43. The van der Waals surface area contributed by atoms with Gasteiger partial charge in [0.05, 0.1) is 12.1 Å². The molecule has 0 aliphatic carbocycles. The summed E-state index contributed by atoms with van der Waals surface area (Å²) in [4.78, 5) is 31.8. The Bertz CT molecular complexity index is 1050. The first-order valence-corrected chi connectivity index (χ1v) is 9.55. The molecule has 2 aromatic carbocycles. The summed E-state index contributed by atoms with van der Waals surface area (Å²) in [7, 11) is 0. The number of anilines is 2. The Hall–Kier alpha value is -3.61. The van der Waals surface area contributed by atoms with Gasteiger partial charge in [0, 0.05) is 30.7 Å². The van der Waals surface area contributed by atoms with Crippen LogP contribution in [-0.4, -0.2) is 21.8 Å². The van der Waals surface area contributed by atoms with Crippen molar-refractivity contribution in [2.45, 2.75) is 33.4 Å². The summed E-state index contributed by atoms with van der Waals surface area (Å²) in [6.07, 6.45) is 2.18. The molecule has 2 N–H and O–H groups in total. The van der Waals surface area contributed by atoms with Crippen molar-refractivity contribution in [1.82, 2.24) is 9.97 Å². The standard InChI is InChI=1S/C23H23FN4O2/c1-15-4-3-5-21(20(15)13-24)28-23(30)11-18-8-6-17(7-9-18)10-19-12-22(26-14-25-19)27-16(2)29/h3-9,12,14H,10-11,13H2,1-2H3,(H,28,30)(H,25,26,27,29). The lowest BCUT2D eigenvalue weighted by molar-refractivity contribution is -0.116. The van der Waals surface area contributed by atoms with Gasteiger partial charge in [0.25, 0.3) is 0 Å². The average Bonchev–Trinajstić information content (AvgIpc) is 2.69. The van der Waals surface area contributed by atoms with E-state index in [1.807, 2.05) is 37.3 Å². The zero-order chi connectivity index (χ0) is 21.5. The second kappa shape index (κ2) is 9.73. The van der Waals surface area contributed by atoms with Gasteiger partial charge in [-0.25, -0.2) is 14.4 Å². The number of halogens is 1. The number of carbonyl (C=O) groups is 2. The third-order valence-electron chi connectivity index (χ3n) is 4.62. The second-order valence-corrected chi connectivity index (χ2v) is 7.03. The largest absolute Gasteiger partial charge is 0.325 e. The van der Waals surface area contributed by atoms with Crippen LogP contribution in [0.1, 0.15) is 34.9 Å². The summed E-state index contributed by atoms with van der Waals surface area (Å²) in [5.74, 6) is 0.0787. The fraction of sp³-hybridized carbons (Fsp3) is 0.217. The number of amides is 2. The van der Waals surface area contributed by atoms with Crippen molar-refractivity contribution in [1.29, 1.82) is 0 Å². The van der Waals surface area contributed by atoms with Gasteiger partial charge in [-0.1, -0.05) is 36.4 Å². The molecule has 3 aromatic rings. The maximum atomic E-state index is 13.3. The van der Waals surface area contributed by atoms with Gasteiger partial charge in [-0.2, -0.15) is 0 Å². The molecular formula is C23H23FN4O2. The third kappa shape index (κ3) is 5.70. The zero-order valence-corrected chi connectivity index (χ0v) is 16.9. The molecule has 0 aliphatic heterocycles. The number of nitrogens with zero attached hydrogens (tertiary/aromatic N) is 2. The number of alkyl halides is 1. The molecule has 0 aliphatic rings. The van der Waals surface area contributed by atoms with Crippen LogP contribution in [0, 0.1) is 6.92 Å². The van der Waals surface area contributed by atoms with Crippen LogP contribution < -0.4 is 10.6 Å². The Kier molecular flexibility index (Phi) is 6.85. The molecule has 3 rings (SSSR count). The van der Waals surface area contributed by atoms with Crippen molar-refractivity contribution in [3.05, 3.63) is 82.8 Å². The van der Waals surface area contributed by atoms with E-state index in [1.165, 1.54) is 13.3 Å². The molecule has 0 atom stereocenters. The van der Waals surface area contributed by atoms with Crippen LogP contribution in [0.3, 0.4) is 0 Å². The topological polar surface area (TPSA) is 84.0 Å². The molecule has 6 nitrogen and oxygen atoms in total. The Morgan fingerprint density at radius 2 is 1.73 bits per heavy atom. The van der Waals surface area contributed by atoms with E-state index < -0.39 is 6.67 Å². The van der Waals surface area contributed by atoms with Crippen LogP contribution in [0.2, 0.25) is 0 Å². The minimum absolute atomic E-state index is 0.188. The highest BCUT2D eigenvalue weighted by atomic mass is 19.1. The fourth-order valence-electron chi connectivity index (χ4n) is 3.10. The van der Waals surface area contributed by atoms with E-state index in [-0.39, 0.29) is 18.2 Å². The van der Waals surface area contributed by atoms with Crippen LogP contribution in [0.15, 0.2) is 54.9 Å². The van der Waals surface area contributed by atoms with Gasteiger partial charge < -0.3 is 10.6 Å². The number of carbonyl (C=O) groups excluding carboxylic acids is 2. The second-order valence-electron chi connectivity index (χ2n) is 7.03. The molecule has 0 bridgehead atoms. The molecule has 2 amide bonds. The van der Waals surface area contributed by atoms with Crippen LogP contribution >= 0.6 is 0 Å². The summed E-state index contributed by atoms with van der Waals surface area (Å²) >= 11 is 0. The number of benzene rings is 2. The van der Waals surface area contributed by atoms with Crippen molar-refractivity contribution >= 4 is 23.3 Å². The average molecular weight is 406 g/mol. The van der Waals surface area contributed by atoms with Gasteiger partial charge in [-0.15, -0.1) is 0 Å². The Labute approximate surface area is 174 Å². The monoisotopic (exact) mass is 406 g/mol. The molecule has 7 heteroatoms. The molecule has 0 fully saturated rings. The quantitative estimate of drug-likeness (QED) is 0.622. The van der Waals surface area contributed by atoms with E-state index in [0.717, 1.165) is 22.4 Å². The van der Waals surface area contributed by atoms with E-state index in [2.05, 4.69) is 20.6 Å². The van der Waals surface area contributed by atoms with Gasteiger partial charge in [0.15, 0.2) is 0 Å². The van der Waals surface area contributed by atoms with E-state index in [4.69, 9.17) is 0 Å². The molecule has 30 heavy (non-hydrogen) atoms. The van der Waals surface area contributed by atoms with Gasteiger partial charge in [0.2, 0.25) is 11.8 Å². The maximum Gasteiger partial charge on any atom is 0.228 e. The molecule has 0 spiro atoms. The smallest absolute Gasteiger partial charge is 0.228 e. The highest BCUT2D eigenvalue weighted by Gasteiger charge is 2.10. The number of rotatable bonds is 7. The predicted molar refractivity (Wildman–Crippen MR) is 114 cm³/mol. The molecular weight excluding hydrogens is 383 g/mol. The van der Waals surface area contributed by atoms with Crippen molar-refractivity contribution in [3.63, 3.8) is 0 Å². The predicted octanol–water partition coefficient (Wildman–Crippen LogP) is 3.98. The van der Waals surface area contributed by atoms with Crippen LogP contribution in [-0.2, 0) is 29.1 Å². The number of aryl methyl sites for hydroxylation is 1.